The Bertz CT molecular complexity index is 108. The second kappa shape index (κ2) is 22.1. The molecule has 6 N–H and O–H groups in total. The van der Waals surface area contributed by atoms with Crippen LogP contribution in [0.25, 0.3) is 0 Å². The van der Waals surface area contributed by atoms with Gasteiger partial charge < -0.3 is 22.1 Å². The monoisotopic (exact) mass is 260 g/mol. The average molecular weight is 260 g/mol. The zero-order valence-corrected chi connectivity index (χ0v) is 12.6. The van der Waals surface area contributed by atoms with E-state index in [4.69, 9.17) is 11.5 Å². The SMILES string of the molecule is CCCCC.NCCCNCCCNCCCN. The van der Waals surface area contributed by atoms with Crippen molar-refractivity contribution >= 4 is 0 Å². The summed E-state index contributed by atoms with van der Waals surface area (Å²) in [4.78, 5) is 0. The molecular weight excluding hydrogens is 224 g/mol. The maximum absolute atomic E-state index is 5.36. The van der Waals surface area contributed by atoms with Crippen LogP contribution in [0.1, 0.15) is 52.4 Å². The fourth-order valence-corrected chi connectivity index (χ4v) is 1.40. The van der Waals surface area contributed by atoms with Crippen molar-refractivity contribution < 1.29 is 0 Å². The van der Waals surface area contributed by atoms with Crippen molar-refractivity contribution in [2.45, 2.75) is 52.4 Å². The number of hydrogen-bond acceptors (Lipinski definition) is 4. The summed E-state index contributed by atoms with van der Waals surface area (Å²) >= 11 is 0. The maximum Gasteiger partial charge on any atom is -0.00368 e. The summed E-state index contributed by atoms with van der Waals surface area (Å²) in [6.45, 7) is 10.2. The van der Waals surface area contributed by atoms with Crippen LogP contribution in [-0.4, -0.2) is 39.3 Å². The summed E-state index contributed by atoms with van der Waals surface area (Å²) in [7, 11) is 0. The molecule has 0 aliphatic carbocycles. The van der Waals surface area contributed by atoms with Gasteiger partial charge in [0.1, 0.15) is 0 Å². The summed E-state index contributed by atoms with van der Waals surface area (Å²) in [5, 5.41) is 6.67. The van der Waals surface area contributed by atoms with Crippen LogP contribution in [0.2, 0.25) is 0 Å². The van der Waals surface area contributed by atoms with Crippen LogP contribution in [0.4, 0.5) is 0 Å². The van der Waals surface area contributed by atoms with E-state index >= 15 is 0 Å². The van der Waals surface area contributed by atoms with Crippen LogP contribution >= 0.6 is 0 Å². The number of unbranched alkanes of at least 4 members (excludes halogenated alkanes) is 2. The standard InChI is InChI=1S/C9H24N4.C5H12/c10-4-1-6-12-8-3-9-13-7-2-5-11;1-3-5-4-2/h12-13H,1-11H2;3-5H2,1-2H3. The van der Waals surface area contributed by atoms with Gasteiger partial charge in [0.2, 0.25) is 0 Å². The number of nitrogens with one attached hydrogen (secondary N) is 2. The van der Waals surface area contributed by atoms with Crippen molar-refractivity contribution in [3.8, 4) is 0 Å². The average Bonchev–Trinajstić information content (AvgIpc) is 2.39. The van der Waals surface area contributed by atoms with Crippen LogP contribution in [0.5, 0.6) is 0 Å². The smallest absolute Gasteiger partial charge is 0.00368 e. The Morgan fingerprint density at radius 1 is 0.611 bits per heavy atom. The van der Waals surface area contributed by atoms with E-state index in [2.05, 4.69) is 24.5 Å². The van der Waals surface area contributed by atoms with Crippen molar-refractivity contribution in [2.75, 3.05) is 39.3 Å². The molecule has 0 amide bonds. The molecule has 0 aromatic rings. The summed E-state index contributed by atoms with van der Waals surface area (Å²) in [6, 6.07) is 0. The van der Waals surface area contributed by atoms with Gasteiger partial charge >= 0.3 is 0 Å². The van der Waals surface area contributed by atoms with Crippen molar-refractivity contribution in [3.05, 3.63) is 0 Å². The van der Waals surface area contributed by atoms with Crippen molar-refractivity contribution in [1.82, 2.24) is 10.6 Å². The van der Waals surface area contributed by atoms with E-state index in [9.17, 15) is 0 Å². The highest BCUT2D eigenvalue weighted by molar-refractivity contribution is 4.52. The predicted molar refractivity (Wildman–Crippen MR) is 82.9 cm³/mol. The van der Waals surface area contributed by atoms with E-state index < -0.39 is 0 Å². The van der Waals surface area contributed by atoms with Gasteiger partial charge in [0, 0.05) is 0 Å². The molecule has 0 saturated heterocycles. The molecule has 0 aliphatic rings. The number of nitrogens with two attached hydrogens (primary N) is 2. The zero-order chi connectivity index (χ0) is 13.9. The molecular formula is C14H36N4. The largest absolute Gasteiger partial charge is 0.330 e. The van der Waals surface area contributed by atoms with E-state index in [1.807, 2.05) is 0 Å². The van der Waals surface area contributed by atoms with Gasteiger partial charge in [0.25, 0.3) is 0 Å². The lowest BCUT2D eigenvalue weighted by atomic mass is 10.3. The molecule has 0 aromatic carbocycles. The second-order valence-electron chi connectivity index (χ2n) is 4.49. The Labute approximate surface area is 114 Å². The molecule has 0 radical (unpaired) electrons. The fraction of sp³-hybridized carbons (Fsp3) is 1.00. The van der Waals surface area contributed by atoms with E-state index in [1.165, 1.54) is 25.7 Å². The molecule has 18 heavy (non-hydrogen) atoms. The Kier molecular flexibility index (Phi) is 24.7. The third-order valence-corrected chi connectivity index (χ3v) is 2.53. The fourth-order valence-electron chi connectivity index (χ4n) is 1.40. The molecule has 0 aromatic heterocycles. The lowest BCUT2D eigenvalue weighted by Gasteiger charge is -2.04. The minimum atomic E-state index is 0.780. The van der Waals surface area contributed by atoms with Crippen LogP contribution in [-0.2, 0) is 0 Å². The molecule has 0 saturated carbocycles. The van der Waals surface area contributed by atoms with Crippen LogP contribution in [0.3, 0.4) is 0 Å². The Balaban J connectivity index is 0. The quantitative estimate of drug-likeness (QED) is 0.401. The summed E-state index contributed by atoms with van der Waals surface area (Å²) in [5.74, 6) is 0. The van der Waals surface area contributed by atoms with Gasteiger partial charge in [-0.05, 0) is 58.5 Å². The zero-order valence-electron chi connectivity index (χ0n) is 12.6. The van der Waals surface area contributed by atoms with Gasteiger partial charge in [0.05, 0.1) is 0 Å². The molecule has 0 unspecified atom stereocenters. The lowest BCUT2D eigenvalue weighted by molar-refractivity contribution is 0.579. The first-order valence-corrected chi connectivity index (χ1v) is 7.64. The molecule has 112 valence electrons. The van der Waals surface area contributed by atoms with E-state index in [0.717, 1.165) is 52.1 Å². The molecule has 0 bridgehead atoms. The summed E-state index contributed by atoms with van der Waals surface area (Å²) in [5.41, 5.74) is 10.7. The molecule has 0 fully saturated rings. The minimum Gasteiger partial charge on any atom is -0.330 e. The molecule has 0 aliphatic heterocycles. The first-order chi connectivity index (χ1) is 8.83. The van der Waals surface area contributed by atoms with Gasteiger partial charge in [0.15, 0.2) is 0 Å². The highest BCUT2D eigenvalue weighted by atomic mass is 14.9. The van der Waals surface area contributed by atoms with Crippen LogP contribution in [0.15, 0.2) is 0 Å². The highest BCUT2D eigenvalue weighted by Gasteiger charge is 1.88. The molecule has 0 rings (SSSR count). The molecule has 0 atom stereocenters. The van der Waals surface area contributed by atoms with E-state index in [1.54, 1.807) is 0 Å². The van der Waals surface area contributed by atoms with Gasteiger partial charge in [-0.3, -0.25) is 0 Å². The van der Waals surface area contributed by atoms with Gasteiger partial charge in [-0.1, -0.05) is 33.1 Å². The Morgan fingerprint density at radius 3 is 1.28 bits per heavy atom. The summed E-state index contributed by atoms with van der Waals surface area (Å²) < 4.78 is 0. The topological polar surface area (TPSA) is 76.1 Å². The predicted octanol–water partition coefficient (Wildman–Crippen LogP) is 1.45. The molecule has 4 nitrogen and oxygen atoms in total. The third kappa shape index (κ3) is 24.9. The molecule has 0 spiro atoms. The van der Waals surface area contributed by atoms with Crippen molar-refractivity contribution in [3.63, 3.8) is 0 Å². The van der Waals surface area contributed by atoms with E-state index in [0.29, 0.717) is 0 Å². The highest BCUT2D eigenvalue weighted by Crippen LogP contribution is 1.88. The minimum absolute atomic E-state index is 0.780. The number of rotatable bonds is 12. The normalized spacial score (nSPS) is 10.0. The number of hydrogen-bond donors (Lipinski definition) is 4. The van der Waals surface area contributed by atoms with Gasteiger partial charge in [-0.25, -0.2) is 0 Å². The maximum atomic E-state index is 5.36. The first-order valence-electron chi connectivity index (χ1n) is 7.64. The first kappa shape index (κ1) is 20.2. The summed E-state index contributed by atoms with van der Waals surface area (Å²) in [6.07, 6.45) is 7.39. The second-order valence-corrected chi connectivity index (χ2v) is 4.49. The van der Waals surface area contributed by atoms with Crippen molar-refractivity contribution in [1.29, 1.82) is 0 Å². The van der Waals surface area contributed by atoms with Gasteiger partial charge in [-0.2, -0.15) is 0 Å². The third-order valence-electron chi connectivity index (χ3n) is 2.53. The van der Waals surface area contributed by atoms with Crippen LogP contribution in [0, 0.1) is 0 Å². The molecule has 4 heteroatoms. The van der Waals surface area contributed by atoms with Gasteiger partial charge in [-0.15, -0.1) is 0 Å². The van der Waals surface area contributed by atoms with Crippen LogP contribution < -0.4 is 22.1 Å². The Morgan fingerprint density at radius 2 is 1.00 bits per heavy atom. The molecule has 0 heterocycles. The van der Waals surface area contributed by atoms with E-state index in [-0.39, 0.29) is 0 Å². The van der Waals surface area contributed by atoms with Crippen molar-refractivity contribution in [2.24, 2.45) is 11.5 Å². The Hall–Kier alpha value is -0.160. The lowest BCUT2D eigenvalue weighted by Crippen LogP contribution is -2.25.